The first-order chi connectivity index (χ1) is 21.8. The van der Waals surface area contributed by atoms with E-state index >= 15 is 0 Å². The molecule has 46 heavy (non-hydrogen) atoms. The molecule has 1 aromatic heterocycles. The molecule has 3 aromatic rings. The maximum absolute atomic E-state index is 14.8. The van der Waals surface area contributed by atoms with Gasteiger partial charge in [-0.05, 0) is 70.7 Å². The molecule has 0 aliphatic carbocycles. The van der Waals surface area contributed by atoms with Gasteiger partial charge in [-0.15, -0.1) is 0 Å². The van der Waals surface area contributed by atoms with Gasteiger partial charge in [0.1, 0.15) is 29.5 Å². The lowest BCUT2D eigenvalue weighted by Crippen LogP contribution is -2.36. The number of rotatable bonds is 11. The second-order valence-electron chi connectivity index (χ2n) is 12.4. The fourth-order valence-electron chi connectivity index (χ4n) is 4.65. The van der Waals surface area contributed by atoms with Gasteiger partial charge in [0.25, 0.3) is 0 Å². The van der Waals surface area contributed by atoms with Crippen LogP contribution in [0.3, 0.4) is 0 Å². The van der Waals surface area contributed by atoms with Crippen molar-refractivity contribution in [2.45, 2.75) is 99.1 Å². The molecule has 2 heterocycles. The Kier molecular flexibility index (Phi) is 15.7. The molecule has 4 rings (SSSR count). The zero-order chi connectivity index (χ0) is 34.3. The molecule has 1 saturated heterocycles. The van der Waals surface area contributed by atoms with Crippen molar-refractivity contribution in [2.24, 2.45) is 11.1 Å². The molecule has 1 amide bonds. The van der Waals surface area contributed by atoms with Gasteiger partial charge in [-0.2, -0.15) is 0 Å². The van der Waals surface area contributed by atoms with E-state index in [4.69, 9.17) is 9.94 Å². The number of nitrogens with zero attached hydrogens (tertiary/aromatic N) is 4. The largest absolute Gasteiger partial charge is 0.391 e. The van der Waals surface area contributed by atoms with Crippen LogP contribution in [-0.2, 0) is 16.2 Å². The highest BCUT2D eigenvalue weighted by atomic mass is 19.1. The van der Waals surface area contributed by atoms with Crippen LogP contribution in [0.15, 0.2) is 54.2 Å². The van der Waals surface area contributed by atoms with Crippen LogP contribution in [0.5, 0.6) is 0 Å². The monoisotopic (exact) mass is 639 g/mol. The number of benzene rings is 2. The molecule has 0 bridgehead atoms. The second-order valence-corrected chi connectivity index (χ2v) is 12.4. The Balaban J connectivity index is 0.000000723. The number of nitrogens with one attached hydrogen (secondary N) is 1. The second kappa shape index (κ2) is 18.9. The van der Waals surface area contributed by atoms with Gasteiger partial charge in [0.15, 0.2) is 0 Å². The van der Waals surface area contributed by atoms with Gasteiger partial charge in [-0.1, -0.05) is 57.5 Å². The molecule has 2 N–H and O–H groups in total. The van der Waals surface area contributed by atoms with E-state index in [0.717, 1.165) is 44.5 Å². The van der Waals surface area contributed by atoms with Crippen molar-refractivity contribution in [1.29, 1.82) is 0 Å². The van der Waals surface area contributed by atoms with Crippen molar-refractivity contribution in [1.82, 2.24) is 15.3 Å². The Morgan fingerprint density at radius 3 is 2.33 bits per heavy atom. The van der Waals surface area contributed by atoms with Crippen LogP contribution in [0.4, 0.5) is 14.6 Å². The molecule has 0 spiro atoms. The topological polar surface area (TPSA) is 99.9 Å². The van der Waals surface area contributed by atoms with E-state index < -0.39 is 17.2 Å². The summed E-state index contributed by atoms with van der Waals surface area (Å²) in [5.41, 5.74) is 2.30. The quantitative estimate of drug-likeness (QED) is 0.0947. The molecule has 0 unspecified atom stereocenters. The molecule has 10 heteroatoms. The Morgan fingerprint density at radius 2 is 1.76 bits per heavy atom. The highest BCUT2D eigenvalue weighted by molar-refractivity contribution is 5.99. The molecule has 0 atom stereocenters. The van der Waals surface area contributed by atoms with E-state index in [2.05, 4.69) is 52.7 Å². The molecule has 1 aliphatic heterocycles. The fraction of sp³-hybridized carbons (Fsp3) is 0.500. The van der Waals surface area contributed by atoms with Gasteiger partial charge < -0.3 is 20.2 Å². The van der Waals surface area contributed by atoms with Crippen LogP contribution in [0.1, 0.15) is 92.6 Å². The number of oxime groups is 1. The lowest BCUT2D eigenvalue weighted by Gasteiger charge is -2.33. The lowest BCUT2D eigenvalue weighted by molar-refractivity contribution is -0.109. The molecular formula is C36H51F2N5O3. The van der Waals surface area contributed by atoms with Gasteiger partial charge in [-0.3, -0.25) is 4.79 Å². The number of carbonyl (C=O) groups is 1. The SMILES string of the molecule is C=C(CCC)O/N=C(\C)C1CCN(c2ncnc3c(-c4ccc(CNC=O)c(F)c4)cc(F)cc23)CC1.CC(C)(C)O.CCCC. The minimum Gasteiger partial charge on any atom is -0.391 e. The number of halogens is 2. The van der Waals surface area contributed by atoms with Crippen molar-refractivity contribution in [2.75, 3.05) is 18.0 Å². The summed E-state index contributed by atoms with van der Waals surface area (Å²) in [7, 11) is 0. The first kappa shape index (κ1) is 38.3. The summed E-state index contributed by atoms with van der Waals surface area (Å²) in [5, 5.41) is 15.8. The Bertz CT molecular complexity index is 1440. The zero-order valence-corrected chi connectivity index (χ0v) is 28.5. The predicted octanol–water partition coefficient (Wildman–Crippen LogP) is 8.33. The average molecular weight is 640 g/mol. The molecular weight excluding hydrogens is 588 g/mol. The van der Waals surface area contributed by atoms with Crippen molar-refractivity contribution in [3.05, 3.63) is 66.2 Å². The number of hydrogen-bond acceptors (Lipinski definition) is 7. The number of unbranched alkanes of at least 4 members (excludes halogenated alkanes) is 1. The molecule has 1 aliphatic rings. The molecule has 1 fully saturated rings. The molecule has 8 nitrogen and oxygen atoms in total. The summed E-state index contributed by atoms with van der Waals surface area (Å²) in [6.45, 7) is 19.0. The third kappa shape index (κ3) is 12.5. The standard InChI is InChI=1S/C28H31F2N5O2.C4H10O.C4H10/c1-4-5-18(2)37-34-19(3)20-8-10-35(11-9-20)28-25-14-23(29)13-24(27(25)32-16-33-28)21-6-7-22(15-31-17-36)26(30)12-21;1-4(2,3)5;1-3-4-2/h6-7,12-14,16-17,20H,2,4-5,8-11,15H2,1,3H3,(H,31,36);5H,1-3H3;3-4H2,1-2H3/b34-19+;;. The number of carbonyl (C=O) groups excluding carboxylic acids is 1. The molecule has 2 aromatic carbocycles. The van der Waals surface area contributed by atoms with Crippen LogP contribution in [-0.4, -0.2) is 45.9 Å². The maximum Gasteiger partial charge on any atom is 0.207 e. The summed E-state index contributed by atoms with van der Waals surface area (Å²) in [6, 6.07) is 7.40. The third-order valence-electron chi connectivity index (χ3n) is 7.16. The van der Waals surface area contributed by atoms with E-state index in [1.165, 1.54) is 37.4 Å². The van der Waals surface area contributed by atoms with Crippen molar-refractivity contribution in [3.63, 3.8) is 0 Å². The summed E-state index contributed by atoms with van der Waals surface area (Å²) in [4.78, 5) is 27.0. The number of piperidine rings is 1. The molecule has 0 radical (unpaired) electrons. The first-order valence-corrected chi connectivity index (χ1v) is 16.1. The third-order valence-corrected chi connectivity index (χ3v) is 7.16. The number of amides is 1. The highest BCUT2D eigenvalue weighted by Gasteiger charge is 2.25. The number of anilines is 1. The van der Waals surface area contributed by atoms with Gasteiger partial charge in [-0.25, -0.2) is 18.7 Å². The van der Waals surface area contributed by atoms with Gasteiger partial charge >= 0.3 is 0 Å². The summed E-state index contributed by atoms with van der Waals surface area (Å²) in [6.07, 6.45) is 8.07. The molecule has 0 saturated carbocycles. The number of hydrogen-bond donors (Lipinski definition) is 2. The summed E-state index contributed by atoms with van der Waals surface area (Å²) >= 11 is 0. The number of allylic oxidation sites excluding steroid dienone is 1. The fourth-order valence-corrected chi connectivity index (χ4v) is 4.65. The van der Waals surface area contributed by atoms with Gasteiger partial charge in [0.2, 0.25) is 6.41 Å². The van der Waals surface area contributed by atoms with Crippen LogP contribution in [0, 0.1) is 17.6 Å². The summed E-state index contributed by atoms with van der Waals surface area (Å²) in [5.74, 6) is 0.657. The lowest BCUT2D eigenvalue weighted by atomic mass is 9.92. The number of aliphatic hydroxyl groups is 1. The predicted molar refractivity (Wildman–Crippen MR) is 184 cm³/mol. The highest BCUT2D eigenvalue weighted by Crippen LogP contribution is 2.35. The van der Waals surface area contributed by atoms with E-state index in [0.29, 0.717) is 45.6 Å². The van der Waals surface area contributed by atoms with Crippen LogP contribution < -0.4 is 10.2 Å². The normalized spacial score (nSPS) is 13.7. The van der Waals surface area contributed by atoms with Crippen molar-refractivity contribution < 1.29 is 23.5 Å². The minimum absolute atomic E-state index is 0.0750. The zero-order valence-electron chi connectivity index (χ0n) is 28.5. The minimum atomic E-state index is -0.500. The maximum atomic E-state index is 14.8. The van der Waals surface area contributed by atoms with Crippen LogP contribution in [0.25, 0.3) is 22.0 Å². The van der Waals surface area contributed by atoms with Gasteiger partial charge in [0.05, 0.1) is 16.8 Å². The Morgan fingerprint density at radius 1 is 1.11 bits per heavy atom. The molecule has 252 valence electrons. The average Bonchev–Trinajstić information content (AvgIpc) is 3.02. The van der Waals surface area contributed by atoms with Gasteiger partial charge in [0, 0.05) is 48.5 Å². The number of fused-ring (bicyclic) bond motifs is 1. The smallest absolute Gasteiger partial charge is 0.207 e. The van der Waals surface area contributed by atoms with Crippen molar-refractivity contribution >= 4 is 28.8 Å². The van der Waals surface area contributed by atoms with E-state index in [9.17, 15) is 13.6 Å². The summed E-state index contributed by atoms with van der Waals surface area (Å²) < 4.78 is 29.5. The van der Waals surface area contributed by atoms with Crippen LogP contribution in [0.2, 0.25) is 0 Å². The van der Waals surface area contributed by atoms with Crippen molar-refractivity contribution in [3.8, 4) is 11.1 Å². The number of aromatic nitrogens is 2. The van der Waals surface area contributed by atoms with Crippen LogP contribution >= 0.6 is 0 Å². The van der Waals surface area contributed by atoms with E-state index in [1.807, 2.05) is 6.92 Å². The first-order valence-electron chi connectivity index (χ1n) is 16.1. The Labute approximate surface area is 273 Å². The van der Waals surface area contributed by atoms with E-state index in [-0.39, 0.29) is 12.5 Å². The van der Waals surface area contributed by atoms with E-state index in [1.54, 1.807) is 32.9 Å². The Hall–Kier alpha value is -3.92.